The highest BCUT2D eigenvalue weighted by molar-refractivity contribution is 5.90. The number of aromatic nitrogens is 2. The summed E-state index contributed by atoms with van der Waals surface area (Å²) in [5.74, 6) is -0.625. The number of primary amides is 1. The molecule has 1 heterocycles. The Kier molecular flexibility index (Phi) is 2.35. The van der Waals surface area contributed by atoms with Crippen LogP contribution in [0.2, 0.25) is 0 Å². The third kappa shape index (κ3) is 1.76. The third-order valence-electron chi connectivity index (χ3n) is 1.35. The molecule has 0 aromatic carbocycles. The molecule has 1 unspecified atom stereocenters. The minimum atomic E-state index is -0.681. The Hall–Kier alpha value is -1.49. The van der Waals surface area contributed by atoms with Gasteiger partial charge in [0.05, 0.1) is 24.2 Å². The smallest absolute Gasteiger partial charge is 0.268 e. The largest absolute Gasteiger partial charge is 0.387 e. The van der Waals surface area contributed by atoms with Crippen LogP contribution in [0.25, 0.3) is 0 Å². The molecule has 0 aliphatic rings. The van der Waals surface area contributed by atoms with Gasteiger partial charge in [0.25, 0.3) is 5.91 Å². The van der Waals surface area contributed by atoms with Crippen molar-refractivity contribution in [1.29, 1.82) is 0 Å². The Bertz CT molecular complexity index is 281. The first-order valence-electron chi connectivity index (χ1n) is 3.41. The van der Waals surface area contributed by atoms with Gasteiger partial charge in [0, 0.05) is 0 Å². The molecule has 0 radical (unpaired) electrons. The van der Waals surface area contributed by atoms with E-state index < -0.39 is 12.0 Å². The molecule has 0 fully saturated rings. The molecule has 1 rings (SSSR count). The maximum Gasteiger partial charge on any atom is 0.268 e. The van der Waals surface area contributed by atoms with Crippen molar-refractivity contribution >= 4 is 5.91 Å². The van der Waals surface area contributed by atoms with Gasteiger partial charge in [-0.15, -0.1) is 0 Å². The fourth-order valence-corrected chi connectivity index (χ4v) is 0.681. The average molecular weight is 167 g/mol. The highest BCUT2D eigenvalue weighted by atomic mass is 16.3. The molecule has 1 aromatic heterocycles. The van der Waals surface area contributed by atoms with Gasteiger partial charge in [0.2, 0.25) is 0 Å². The number of carbonyl (C=O) groups is 1. The molecule has 0 saturated carbocycles. The number of nitrogens with two attached hydrogens (primary N) is 1. The number of carbonyl (C=O) groups excluding carboxylic acids is 1. The first-order chi connectivity index (χ1) is 5.61. The van der Waals surface area contributed by atoms with Crippen LogP contribution >= 0.6 is 0 Å². The minimum absolute atomic E-state index is 0.0967. The highest BCUT2D eigenvalue weighted by Gasteiger charge is 2.05. The molecule has 0 aliphatic carbocycles. The van der Waals surface area contributed by atoms with Gasteiger partial charge < -0.3 is 10.8 Å². The molecule has 1 amide bonds. The molecule has 12 heavy (non-hydrogen) atoms. The van der Waals surface area contributed by atoms with Crippen molar-refractivity contribution in [1.82, 2.24) is 9.97 Å². The van der Waals surface area contributed by atoms with Crippen LogP contribution in [0, 0.1) is 0 Å². The molecule has 5 nitrogen and oxygen atoms in total. The van der Waals surface area contributed by atoms with Gasteiger partial charge in [-0.25, -0.2) is 4.98 Å². The van der Waals surface area contributed by atoms with Gasteiger partial charge in [0.15, 0.2) is 0 Å². The summed E-state index contributed by atoms with van der Waals surface area (Å²) in [7, 11) is 0. The number of hydrogen-bond donors (Lipinski definition) is 2. The molecule has 5 heteroatoms. The third-order valence-corrected chi connectivity index (χ3v) is 1.35. The Morgan fingerprint density at radius 1 is 1.58 bits per heavy atom. The summed E-state index contributed by atoms with van der Waals surface area (Å²) < 4.78 is 0. The summed E-state index contributed by atoms with van der Waals surface area (Å²) in [6, 6.07) is 0. The van der Waals surface area contributed by atoms with E-state index in [9.17, 15) is 4.79 Å². The van der Waals surface area contributed by atoms with Crippen LogP contribution in [-0.4, -0.2) is 21.0 Å². The van der Waals surface area contributed by atoms with Crippen LogP contribution in [0.1, 0.15) is 29.2 Å². The van der Waals surface area contributed by atoms with Crippen molar-refractivity contribution in [3.8, 4) is 0 Å². The van der Waals surface area contributed by atoms with E-state index in [0.29, 0.717) is 5.69 Å². The minimum Gasteiger partial charge on any atom is -0.387 e. The van der Waals surface area contributed by atoms with Crippen LogP contribution in [-0.2, 0) is 0 Å². The predicted octanol–water partition coefficient (Wildman–Crippen LogP) is -0.371. The lowest BCUT2D eigenvalue weighted by molar-refractivity contribution is 0.0994. The second-order valence-corrected chi connectivity index (χ2v) is 2.37. The lowest BCUT2D eigenvalue weighted by Gasteiger charge is -2.01. The second-order valence-electron chi connectivity index (χ2n) is 2.37. The van der Waals surface area contributed by atoms with E-state index in [1.165, 1.54) is 12.4 Å². The van der Waals surface area contributed by atoms with E-state index >= 15 is 0 Å². The van der Waals surface area contributed by atoms with Crippen molar-refractivity contribution in [2.45, 2.75) is 13.0 Å². The van der Waals surface area contributed by atoms with Crippen molar-refractivity contribution < 1.29 is 9.90 Å². The van der Waals surface area contributed by atoms with Crippen molar-refractivity contribution in [3.63, 3.8) is 0 Å². The van der Waals surface area contributed by atoms with Crippen LogP contribution in [0.5, 0.6) is 0 Å². The van der Waals surface area contributed by atoms with Gasteiger partial charge in [0.1, 0.15) is 5.69 Å². The summed E-state index contributed by atoms with van der Waals surface area (Å²) in [5, 5.41) is 9.03. The number of hydrogen-bond acceptors (Lipinski definition) is 4. The van der Waals surface area contributed by atoms with E-state index in [1.807, 2.05) is 0 Å². The monoisotopic (exact) mass is 167 g/mol. The molecule has 0 aliphatic heterocycles. The van der Waals surface area contributed by atoms with Gasteiger partial charge in [-0.05, 0) is 6.92 Å². The summed E-state index contributed by atoms with van der Waals surface area (Å²) in [6.07, 6.45) is 1.88. The maximum absolute atomic E-state index is 10.5. The molecule has 0 spiro atoms. The first kappa shape index (κ1) is 8.61. The number of aliphatic hydroxyl groups excluding tert-OH is 1. The zero-order chi connectivity index (χ0) is 9.14. The molecule has 1 aromatic rings. The lowest BCUT2D eigenvalue weighted by atomic mass is 10.3. The molecular weight excluding hydrogens is 158 g/mol. The lowest BCUT2D eigenvalue weighted by Crippen LogP contribution is -2.14. The molecule has 3 N–H and O–H groups in total. The topological polar surface area (TPSA) is 89.1 Å². The fraction of sp³-hybridized carbons (Fsp3) is 0.286. The summed E-state index contributed by atoms with van der Waals surface area (Å²) in [6.45, 7) is 1.56. The SMILES string of the molecule is CC(O)c1cnc(C(N)=O)cn1. The number of rotatable bonds is 2. The number of aliphatic hydroxyl groups is 1. The summed E-state index contributed by atoms with van der Waals surface area (Å²) >= 11 is 0. The van der Waals surface area contributed by atoms with Crippen molar-refractivity contribution in [2.24, 2.45) is 5.73 Å². The van der Waals surface area contributed by atoms with E-state index in [1.54, 1.807) is 6.92 Å². The molecule has 0 saturated heterocycles. The van der Waals surface area contributed by atoms with Gasteiger partial charge >= 0.3 is 0 Å². The van der Waals surface area contributed by atoms with Gasteiger partial charge in [-0.3, -0.25) is 9.78 Å². The Morgan fingerprint density at radius 2 is 2.25 bits per heavy atom. The molecule has 1 atom stereocenters. The van der Waals surface area contributed by atoms with Crippen LogP contribution < -0.4 is 5.73 Å². The Labute approximate surface area is 69.3 Å². The summed E-state index contributed by atoms with van der Waals surface area (Å²) in [5.41, 5.74) is 5.45. The van der Waals surface area contributed by atoms with Crippen LogP contribution in [0.3, 0.4) is 0 Å². The normalized spacial score (nSPS) is 12.5. The zero-order valence-electron chi connectivity index (χ0n) is 6.56. The van der Waals surface area contributed by atoms with E-state index in [2.05, 4.69) is 9.97 Å². The quantitative estimate of drug-likeness (QED) is 0.628. The van der Waals surface area contributed by atoms with Crippen molar-refractivity contribution in [2.75, 3.05) is 0 Å². The van der Waals surface area contributed by atoms with E-state index in [4.69, 9.17) is 10.8 Å². The summed E-state index contributed by atoms with van der Waals surface area (Å²) in [4.78, 5) is 18.0. The Balaban J connectivity index is 2.93. The van der Waals surface area contributed by atoms with Gasteiger partial charge in [-0.2, -0.15) is 0 Å². The average Bonchev–Trinajstić information content (AvgIpc) is 2.04. The highest BCUT2D eigenvalue weighted by Crippen LogP contribution is 2.05. The Morgan fingerprint density at radius 3 is 2.58 bits per heavy atom. The maximum atomic E-state index is 10.5. The van der Waals surface area contributed by atoms with Crippen molar-refractivity contribution in [3.05, 3.63) is 23.8 Å². The number of nitrogens with zero attached hydrogens (tertiary/aromatic N) is 2. The van der Waals surface area contributed by atoms with Crippen LogP contribution in [0.15, 0.2) is 12.4 Å². The standard InChI is InChI=1S/C7H9N3O2/c1-4(11)5-2-10-6(3-9-5)7(8)12/h2-4,11H,1H3,(H2,8,12). The predicted molar refractivity (Wildman–Crippen MR) is 41.2 cm³/mol. The van der Waals surface area contributed by atoms with Gasteiger partial charge in [-0.1, -0.05) is 0 Å². The first-order valence-corrected chi connectivity index (χ1v) is 3.41. The molecule has 64 valence electrons. The molecule has 0 bridgehead atoms. The zero-order valence-corrected chi connectivity index (χ0v) is 6.56. The molecular formula is C7H9N3O2. The fourth-order valence-electron chi connectivity index (χ4n) is 0.681. The number of amides is 1. The van der Waals surface area contributed by atoms with E-state index in [0.717, 1.165) is 0 Å². The second kappa shape index (κ2) is 3.27. The van der Waals surface area contributed by atoms with Crippen LogP contribution in [0.4, 0.5) is 0 Å². The van der Waals surface area contributed by atoms with E-state index in [-0.39, 0.29) is 5.69 Å².